The maximum absolute atomic E-state index is 11.0. The Balaban J connectivity index is 2.08. The molecule has 2 rings (SSSR count). The third kappa shape index (κ3) is 2.45. The summed E-state index contributed by atoms with van der Waals surface area (Å²) in [5.41, 5.74) is 3.32. The van der Waals surface area contributed by atoms with Crippen LogP contribution in [0.4, 0.5) is 4.79 Å². The fourth-order valence-corrected chi connectivity index (χ4v) is 1.93. The van der Waals surface area contributed by atoms with E-state index < -0.39 is 0 Å². The summed E-state index contributed by atoms with van der Waals surface area (Å²) in [4.78, 5) is 15.5. The minimum atomic E-state index is -0.148. The molecule has 0 unspecified atom stereocenters. The van der Waals surface area contributed by atoms with Crippen LogP contribution in [0.3, 0.4) is 0 Å². The fourth-order valence-electron chi connectivity index (χ4n) is 1.93. The van der Waals surface area contributed by atoms with Gasteiger partial charge < -0.3 is 15.2 Å². The molecule has 2 aromatic rings. The quantitative estimate of drug-likeness (QED) is 0.859. The summed E-state index contributed by atoms with van der Waals surface area (Å²) < 4.78 is 2.07. The summed E-state index contributed by atoms with van der Waals surface area (Å²) in [5.74, 6) is 1.01. The maximum atomic E-state index is 11.0. The molecule has 0 bridgehead atoms. The molecule has 2 N–H and O–H groups in total. The van der Waals surface area contributed by atoms with Gasteiger partial charge in [-0.2, -0.15) is 0 Å². The Morgan fingerprint density at radius 2 is 2.22 bits per heavy atom. The number of amides is 2. The molecule has 1 heterocycles. The van der Waals surface area contributed by atoms with Crippen LogP contribution in [0.2, 0.25) is 0 Å². The van der Waals surface area contributed by atoms with E-state index in [1.807, 2.05) is 14.0 Å². The zero-order valence-electron chi connectivity index (χ0n) is 10.9. The molecule has 0 spiro atoms. The van der Waals surface area contributed by atoms with Gasteiger partial charge in [0.05, 0.1) is 11.0 Å². The van der Waals surface area contributed by atoms with Gasteiger partial charge in [0.25, 0.3) is 0 Å². The number of hydrogen-bond acceptors (Lipinski definition) is 2. The van der Waals surface area contributed by atoms with Crippen molar-refractivity contribution in [1.82, 2.24) is 20.2 Å². The topological polar surface area (TPSA) is 59.0 Å². The van der Waals surface area contributed by atoms with Gasteiger partial charge in [0.2, 0.25) is 0 Å². The minimum absolute atomic E-state index is 0.148. The van der Waals surface area contributed by atoms with Crippen molar-refractivity contribution < 1.29 is 4.79 Å². The number of carbonyl (C=O) groups is 1. The van der Waals surface area contributed by atoms with E-state index in [1.54, 1.807) is 7.05 Å². The molecule has 1 aromatic heterocycles. The van der Waals surface area contributed by atoms with Crippen molar-refractivity contribution >= 4 is 17.1 Å². The number of hydrogen-bond donors (Lipinski definition) is 2. The number of carbonyl (C=O) groups excluding carboxylic acids is 1. The number of urea groups is 1. The second kappa shape index (κ2) is 5.08. The van der Waals surface area contributed by atoms with Crippen molar-refractivity contribution in [3.8, 4) is 0 Å². The Bertz CT molecular complexity index is 574. The Hall–Kier alpha value is -2.04. The molecule has 0 atom stereocenters. The van der Waals surface area contributed by atoms with E-state index >= 15 is 0 Å². The van der Waals surface area contributed by atoms with Crippen molar-refractivity contribution in [3.63, 3.8) is 0 Å². The molecule has 0 aliphatic carbocycles. The predicted molar refractivity (Wildman–Crippen MR) is 71.6 cm³/mol. The van der Waals surface area contributed by atoms with E-state index in [9.17, 15) is 4.79 Å². The Labute approximate surface area is 106 Å². The van der Waals surface area contributed by atoms with Crippen molar-refractivity contribution in [1.29, 1.82) is 0 Å². The summed E-state index contributed by atoms with van der Waals surface area (Å²) in [7, 11) is 3.62. The Kier molecular flexibility index (Phi) is 3.50. The van der Waals surface area contributed by atoms with Crippen LogP contribution < -0.4 is 10.6 Å². The second-order valence-corrected chi connectivity index (χ2v) is 4.30. The highest BCUT2D eigenvalue weighted by Crippen LogP contribution is 2.16. The zero-order valence-corrected chi connectivity index (χ0v) is 10.9. The fraction of sp³-hybridized carbons (Fsp3) is 0.385. The van der Waals surface area contributed by atoms with E-state index in [1.165, 1.54) is 5.56 Å². The van der Waals surface area contributed by atoms with Crippen LogP contribution in [0.5, 0.6) is 0 Å². The molecule has 0 saturated carbocycles. The number of aryl methyl sites for hydroxylation is 2. The van der Waals surface area contributed by atoms with E-state index in [4.69, 9.17) is 0 Å². The molecule has 1 aromatic carbocycles. The largest absolute Gasteiger partial charge is 0.341 e. The molecule has 5 nitrogen and oxygen atoms in total. The predicted octanol–water partition coefficient (Wildman–Crippen LogP) is 1.35. The van der Waals surface area contributed by atoms with Gasteiger partial charge in [-0.3, -0.25) is 0 Å². The SMILES string of the molecule is CNC(=O)NCCc1ccc2c(c1)nc(C)n2C. The van der Waals surface area contributed by atoms with Gasteiger partial charge in [0.15, 0.2) is 0 Å². The number of imidazole rings is 1. The lowest BCUT2D eigenvalue weighted by molar-refractivity contribution is 0.243. The first-order chi connectivity index (χ1) is 8.61. The van der Waals surface area contributed by atoms with E-state index in [0.29, 0.717) is 6.54 Å². The van der Waals surface area contributed by atoms with Crippen molar-refractivity contribution in [2.45, 2.75) is 13.3 Å². The van der Waals surface area contributed by atoms with Crippen molar-refractivity contribution in [2.24, 2.45) is 7.05 Å². The monoisotopic (exact) mass is 246 g/mol. The van der Waals surface area contributed by atoms with Crippen LogP contribution in [0.1, 0.15) is 11.4 Å². The first-order valence-electron chi connectivity index (χ1n) is 5.99. The summed E-state index contributed by atoms with van der Waals surface area (Å²) in [6, 6.07) is 6.08. The van der Waals surface area contributed by atoms with Gasteiger partial charge in [-0.1, -0.05) is 6.07 Å². The van der Waals surface area contributed by atoms with Crippen LogP contribution >= 0.6 is 0 Å². The maximum Gasteiger partial charge on any atom is 0.314 e. The van der Waals surface area contributed by atoms with Gasteiger partial charge in [-0.05, 0) is 31.0 Å². The van der Waals surface area contributed by atoms with Gasteiger partial charge in [0.1, 0.15) is 5.82 Å². The number of rotatable bonds is 3. The van der Waals surface area contributed by atoms with Crippen LogP contribution in [0.25, 0.3) is 11.0 Å². The lowest BCUT2D eigenvalue weighted by Crippen LogP contribution is -2.33. The van der Waals surface area contributed by atoms with Crippen molar-refractivity contribution in [3.05, 3.63) is 29.6 Å². The summed E-state index contributed by atoms with van der Waals surface area (Å²) in [6.45, 7) is 2.61. The molecule has 5 heteroatoms. The van der Waals surface area contributed by atoms with Gasteiger partial charge in [0, 0.05) is 20.6 Å². The van der Waals surface area contributed by atoms with E-state index in [-0.39, 0.29) is 6.03 Å². The van der Waals surface area contributed by atoms with Crippen LogP contribution in [0, 0.1) is 6.92 Å². The summed E-state index contributed by atoms with van der Waals surface area (Å²) in [6.07, 6.45) is 0.805. The van der Waals surface area contributed by atoms with E-state index in [2.05, 4.69) is 38.4 Å². The molecular weight excluding hydrogens is 228 g/mol. The second-order valence-electron chi connectivity index (χ2n) is 4.30. The zero-order chi connectivity index (χ0) is 13.1. The highest BCUT2D eigenvalue weighted by Gasteiger charge is 2.04. The molecule has 2 amide bonds. The third-order valence-electron chi connectivity index (χ3n) is 3.10. The lowest BCUT2D eigenvalue weighted by atomic mass is 10.1. The number of benzene rings is 1. The first kappa shape index (κ1) is 12.4. The number of aromatic nitrogens is 2. The molecule has 18 heavy (non-hydrogen) atoms. The minimum Gasteiger partial charge on any atom is -0.341 e. The molecule has 96 valence electrons. The average Bonchev–Trinajstić information content (AvgIpc) is 2.64. The van der Waals surface area contributed by atoms with Gasteiger partial charge in [-0.25, -0.2) is 9.78 Å². The lowest BCUT2D eigenvalue weighted by Gasteiger charge is -2.04. The smallest absolute Gasteiger partial charge is 0.314 e. The molecular formula is C13H18N4O. The van der Waals surface area contributed by atoms with E-state index in [0.717, 1.165) is 23.3 Å². The molecule has 0 aliphatic heterocycles. The highest BCUT2D eigenvalue weighted by molar-refractivity contribution is 5.77. The molecule has 0 fully saturated rings. The summed E-state index contributed by atoms with van der Waals surface area (Å²) >= 11 is 0. The normalized spacial score (nSPS) is 10.6. The first-order valence-corrected chi connectivity index (χ1v) is 5.99. The van der Waals surface area contributed by atoms with Gasteiger partial charge in [-0.15, -0.1) is 0 Å². The Morgan fingerprint density at radius 1 is 1.44 bits per heavy atom. The number of fused-ring (bicyclic) bond motifs is 1. The van der Waals surface area contributed by atoms with Gasteiger partial charge >= 0.3 is 6.03 Å². The third-order valence-corrected chi connectivity index (χ3v) is 3.10. The number of nitrogens with one attached hydrogen (secondary N) is 2. The standard InChI is InChI=1S/C13H18N4O/c1-9-16-11-8-10(4-5-12(11)17(9)3)6-7-15-13(18)14-2/h4-5,8H,6-7H2,1-3H3,(H2,14,15,18). The summed E-state index contributed by atoms with van der Waals surface area (Å²) in [5, 5.41) is 5.30. The Morgan fingerprint density at radius 3 is 2.94 bits per heavy atom. The molecule has 0 aliphatic rings. The van der Waals surface area contributed by atoms with Crippen LogP contribution in [-0.4, -0.2) is 29.2 Å². The van der Waals surface area contributed by atoms with Crippen LogP contribution in [-0.2, 0) is 13.5 Å². The average molecular weight is 246 g/mol. The van der Waals surface area contributed by atoms with Crippen molar-refractivity contribution in [2.75, 3.05) is 13.6 Å². The van der Waals surface area contributed by atoms with Crippen LogP contribution in [0.15, 0.2) is 18.2 Å². The number of nitrogens with zero attached hydrogens (tertiary/aromatic N) is 2. The molecule has 0 radical (unpaired) electrons. The molecule has 0 saturated heterocycles. The highest BCUT2D eigenvalue weighted by atomic mass is 16.2.